The van der Waals surface area contributed by atoms with Crippen LogP contribution in [-0.4, -0.2) is 36.0 Å². The minimum Gasteiger partial charge on any atom is -0.444 e. The fraction of sp³-hybridized carbons (Fsp3) is 0.875. The monoisotopic (exact) mass is 216 g/mol. The van der Waals surface area contributed by atoms with Gasteiger partial charge in [0.15, 0.2) is 0 Å². The Bertz CT molecular complexity index is 255. The molecule has 1 unspecified atom stereocenters. The predicted molar refractivity (Wildman–Crippen MR) is 54.3 cm³/mol. The van der Waals surface area contributed by atoms with Gasteiger partial charge < -0.3 is 15.2 Å². The summed E-state index contributed by atoms with van der Waals surface area (Å²) >= 11 is 0. The summed E-state index contributed by atoms with van der Waals surface area (Å²) in [4.78, 5) is 13.6. The summed E-state index contributed by atoms with van der Waals surface area (Å²) in [5.41, 5.74) is 7.41. The minimum atomic E-state index is -0.895. The summed E-state index contributed by atoms with van der Waals surface area (Å²) in [6.07, 6.45) is -1.50. The molecule has 2 N–H and O–H groups in total. The lowest BCUT2D eigenvalue weighted by Crippen LogP contribution is -2.37. The van der Waals surface area contributed by atoms with Crippen molar-refractivity contribution in [1.29, 1.82) is 0 Å². The van der Waals surface area contributed by atoms with Gasteiger partial charge in [-0.1, -0.05) is 5.11 Å². The summed E-state index contributed by atoms with van der Waals surface area (Å²) in [5, 5.41) is 14.7. The van der Waals surface area contributed by atoms with Crippen molar-refractivity contribution in [2.45, 2.75) is 32.5 Å². The zero-order chi connectivity index (χ0) is 11.9. The van der Waals surface area contributed by atoms with Crippen LogP contribution in [0.25, 0.3) is 10.4 Å². The minimum absolute atomic E-state index is 0.00602. The van der Waals surface area contributed by atoms with Crippen molar-refractivity contribution in [3.63, 3.8) is 0 Å². The fourth-order valence-electron chi connectivity index (χ4n) is 0.711. The number of carbonyl (C=O) groups excluding carboxylic acids is 1. The molecule has 1 atom stereocenters. The molecule has 15 heavy (non-hydrogen) atoms. The number of carbonyl (C=O) groups is 1. The Hall–Kier alpha value is -1.46. The molecule has 0 aromatic heterocycles. The van der Waals surface area contributed by atoms with Crippen molar-refractivity contribution in [1.82, 2.24) is 5.32 Å². The number of hydrogen-bond acceptors (Lipinski definition) is 4. The van der Waals surface area contributed by atoms with Crippen LogP contribution in [0.4, 0.5) is 4.79 Å². The Labute approximate surface area is 88.0 Å². The van der Waals surface area contributed by atoms with Crippen LogP contribution in [-0.2, 0) is 4.74 Å². The van der Waals surface area contributed by atoms with Gasteiger partial charge in [-0.2, -0.15) is 0 Å². The number of amides is 1. The standard InChI is InChI=1S/C8H16N4O3/c1-8(2,3)15-7(14)10-4-6(13)5-11-12-9/h6,13H,4-5H2,1-3H3,(H,10,14). The third-order valence-electron chi connectivity index (χ3n) is 1.24. The number of hydrogen-bond donors (Lipinski definition) is 2. The van der Waals surface area contributed by atoms with Crippen molar-refractivity contribution in [3.8, 4) is 0 Å². The van der Waals surface area contributed by atoms with Gasteiger partial charge in [-0.3, -0.25) is 0 Å². The molecule has 0 saturated heterocycles. The topological polar surface area (TPSA) is 107 Å². The molecule has 0 aliphatic rings. The molecule has 0 aromatic carbocycles. The Kier molecular flexibility index (Phi) is 5.51. The third kappa shape index (κ3) is 8.86. The lowest BCUT2D eigenvalue weighted by Gasteiger charge is -2.20. The summed E-state index contributed by atoms with van der Waals surface area (Å²) in [6.45, 7) is 5.13. The molecular formula is C8H16N4O3. The van der Waals surface area contributed by atoms with E-state index >= 15 is 0 Å². The van der Waals surface area contributed by atoms with Crippen LogP contribution in [0.15, 0.2) is 5.11 Å². The summed E-state index contributed by atoms with van der Waals surface area (Å²) in [7, 11) is 0. The number of rotatable bonds is 4. The molecule has 0 fully saturated rings. The molecule has 0 radical (unpaired) electrons. The van der Waals surface area contributed by atoms with Crippen molar-refractivity contribution >= 4 is 6.09 Å². The van der Waals surface area contributed by atoms with Gasteiger partial charge in [-0.05, 0) is 26.3 Å². The van der Waals surface area contributed by atoms with Gasteiger partial charge in [0.1, 0.15) is 5.60 Å². The fourth-order valence-corrected chi connectivity index (χ4v) is 0.711. The molecular weight excluding hydrogens is 200 g/mol. The number of ether oxygens (including phenoxy) is 1. The molecule has 0 saturated carbocycles. The van der Waals surface area contributed by atoms with Crippen LogP contribution in [0.3, 0.4) is 0 Å². The molecule has 0 heterocycles. The Morgan fingerprint density at radius 1 is 1.67 bits per heavy atom. The molecule has 7 nitrogen and oxygen atoms in total. The van der Waals surface area contributed by atoms with Crippen LogP contribution in [0.1, 0.15) is 20.8 Å². The molecule has 0 aromatic rings. The van der Waals surface area contributed by atoms with E-state index in [0.717, 1.165) is 0 Å². The molecule has 0 spiro atoms. The zero-order valence-electron chi connectivity index (χ0n) is 9.10. The van der Waals surface area contributed by atoms with E-state index in [1.807, 2.05) is 0 Å². The lowest BCUT2D eigenvalue weighted by molar-refractivity contribution is 0.0495. The highest BCUT2D eigenvalue weighted by molar-refractivity contribution is 5.67. The highest BCUT2D eigenvalue weighted by Crippen LogP contribution is 2.06. The number of nitrogens with zero attached hydrogens (tertiary/aromatic N) is 3. The van der Waals surface area contributed by atoms with Gasteiger partial charge in [-0.15, -0.1) is 0 Å². The third-order valence-corrected chi connectivity index (χ3v) is 1.24. The molecule has 1 amide bonds. The van der Waals surface area contributed by atoms with E-state index in [2.05, 4.69) is 15.3 Å². The van der Waals surface area contributed by atoms with E-state index in [-0.39, 0.29) is 13.1 Å². The number of nitrogens with one attached hydrogen (secondary N) is 1. The average molecular weight is 216 g/mol. The number of alkyl carbamates (subject to hydrolysis) is 1. The second-order valence-corrected chi connectivity index (χ2v) is 3.95. The van der Waals surface area contributed by atoms with Crippen molar-refractivity contribution in [3.05, 3.63) is 10.4 Å². The van der Waals surface area contributed by atoms with Crippen molar-refractivity contribution in [2.75, 3.05) is 13.1 Å². The first-order chi connectivity index (χ1) is 6.85. The number of aliphatic hydroxyl groups is 1. The second kappa shape index (κ2) is 6.10. The maximum absolute atomic E-state index is 11.1. The van der Waals surface area contributed by atoms with Crippen LogP contribution >= 0.6 is 0 Å². The van der Waals surface area contributed by atoms with Crippen LogP contribution in [0, 0.1) is 0 Å². The summed E-state index contributed by atoms with van der Waals surface area (Å²) in [6, 6.07) is 0. The van der Waals surface area contributed by atoms with Crippen molar-refractivity contribution in [2.24, 2.45) is 5.11 Å². The first-order valence-corrected chi connectivity index (χ1v) is 4.51. The highest BCUT2D eigenvalue weighted by atomic mass is 16.6. The van der Waals surface area contributed by atoms with Gasteiger partial charge in [-0.25, -0.2) is 4.79 Å². The normalized spacial score (nSPS) is 12.5. The van der Waals surface area contributed by atoms with Gasteiger partial charge in [0.2, 0.25) is 0 Å². The smallest absolute Gasteiger partial charge is 0.407 e. The molecule has 0 aliphatic carbocycles. The maximum Gasteiger partial charge on any atom is 0.407 e. The first kappa shape index (κ1) is 13.5. The molecule has 0 aliphatic heterocycles. The SMILES string of the molecule is CC(C)(C)OC(=O)NCC(O)CN=[N+]=[N-]. The predicted octanol–water partition coefficient (Wildman–Crippen LogP) is 1.18. The van der Waals surface area contributed by atoms with Gasteiger partial charge >= 0.3 is 6.09 Å². The van der Waals surface area contributed by atoms with E-state index in [1.54, 1.807) is 20.8 Å². The largest absolute Gasteiger partial charge is 0.444 e. The summed E-state index contributed by atoms with van der Waals surface area (Å²) in [5.74, 6) is 0. The van der Waals surface area contributed by atoms with Gasteiger partial charge in [0, 0.05) is 11.5 Å². The molecule has 0 rings (SSSR count). The quantitative estimate of drug-likeness (QED) is 0.418. The van der Waals surface area contributed by atoms with E-state index in [1.165, 1.54) is 0 Å². The molecule has 0 bridgehead atoms. The average Bonchev–Trinajstić information content (AvgIpc) is 2.08. The van der Waals surface area contributed by atoms with Crippen LogP contribution in [0.2, 0.25) is 0 Å². The Morgan fingerprint density at radius 3 is 2.73 bits per heavy atom. The number of aliphatic hydroxyl groups excluding tert-OH is 1. The molecule has 86 valence electrons. The zero-order valence-corrected chi connectivity index (χ0v) is 9.10. The van der Waals surface area contributed by atoms with Crippen molar-refractivity contribution < 1.29 is 14.6 Å². The van der Waals surface area contributed by atoms with E-state index in [4.69, 9.17) is 10.3 Å². The Morgan fingerprint density at radius 2 is 2.27 bits per heavy atom. The number of azide groups is 1. The van der Waals surface area contributed by atoms with Crippen LogP contribution < -0.4 is 5.32 Å². The van der Waals surface area contributed by atoms with E-state index < -0.39 is 17.8 Å². The van der Waals surface area contributed by atoms with E-state index in [0.29, 0.717) is 0 Å². The Balaban J connectivity index is 3.76. The first-order valence-electron chi connectivity index (χ1n) is 4.51. The lowest BCUT2D eigenvalue weighted by atomic mass is 10.2. The van der Waals surface area contributed by atoms with Gasteiger partial charge in [0.25, 0.3) is 0 Å². The summed E-state index contributed by atoms with van der Waals surface area (Å²) < 4.78 is 4.93. The van der Waals surface area contributed by atoms with E-state index in [9.17, 15) is 9.90 Å². The maximum atomic E-state index is 11.1. The van der Waals surface area contributed by atoms with Crippen LogP contribution in [0.5, 0.6) is 0 Å². The second-order valence-electron chi connectivity index (χ2n) is 3.95. The highest BCUT2D eigenvalue weighted by Gasteiger charge is 2.16. The van der Waals surface area contributed by atoms with Gasteiger partial charge in [0.05, 0.1) is 12.6 Å². The molecule has 7 heteroatoms.